The number of hydrogen-bond acceptors (Lipinski definition) is 3. The molecule has 0 bridgehead atoms. The van der Waals surface area contributed by atoms with Gasteiger partial charge in [-0.3, -0.25) is 9.59 Å². The molecule has 0 aromatic heterocycles. The molecule has 5 nitrogen and oxygen atoms in total. The third kappa shape index (κ3) is 12.9. The maximum atomic E-state index is 10.9. The van der Waals surface area contributed by atoms with Crippen LogP contribution in [0.15, 0.2) is 0 Å². The molecular formula is C11H24N2O3. The summed E-state index contributed by atoms with van der Waals surface area (Å²) in [7, 11) is 1.47. The Bertz CT molecular complexity index is 184. The van der Waals surface area contributed by atoms with Crippen molar-refractivity contribution in [2.24, 2.45) is 0 Å². The van der Waals surface area contributed by atoms with Gasteiger partial charge in [-0.2, -0.15) is 0 Å². The van der Waals surface area contributed by atoms with Crippen LogP contribution in [0.25, 0.3) is 0 Å². The fourth-order valence-corrected chi connectivity index (χ4v) is 0.851. The summed E-state index contributed by atoms with van der Waals surface area (Å²) in [4.78, 5) is 21.7. The molecule has 0 radical (unpaired) electrons. The highest BCUT2D eigenvalue weighted by Crippen LogP contribution is 1.78. The van der Waals surface area contributed by atoms with Gasteiger partial charge in [0.15, 0.2) is 0 Å². The summed E-state index contributed by atoms with van der Waals surface area (Å²) in [6.45, 7) is 7.04. The van der Waals surface area contributed by atoms with E-state index in [1.54, 1.807) is 6.92 Å². The second-order valence-electron chi connectivity index (χ2n) is 2.84. The molecule has 16 heavy (non-hydrogen) atoms. The van der Waals surface area contributed by atoms with E-state index in [1.165, 1.54) is 7.11 Å². The SMILES string of the molecule is CC.CCC(=O)NCCCNC(=O)COC. The highest BCUT2D eigenvalue weighted by molar-refractivity contribution is 5.77. The van der Waals surface area contributed by atoms with Crippen molar-refractivity contribution in [3.8, 4) is 0 Å². The Morgan fingerprint density at radius 1 is 1.06 bits per heavy atom. The van der Waals surface area contributed by atoms with Crippen molar-refractivity contribution in [1.29, 1.82) is 0 Å². The molecule has 0 rings (SSSR count). The van der Waals surface area contributed by atoms with E-state index in [1.807, 2.05) is 13.8 Å². The lowest BCUT2D eigenvalue weighted by Gasteiger charge is -2.05. The van der Waals surface area contributed by atoms with Crippen molar-refractivity contribution < 1.29 is 14.3 Å². The van der Waals surface area contributed by atoms with Crippen molar-refractivity contribution >= 4 is 11.8 Å². The minimum absolute atomic E-state index is 0.0354. The van der Waals surface area contributed by atoms with E-state index in [4.69, 9.17) is 0 Å². The summed E-state index contributed by atoms with van der Waals surface area (Å²) in [6.07, 6.45) is 1.23. The third-order valence-corrected chi connectivity index (χ3v) is 1.59. The summed E-state index contributed by atoms with van der Waals surface area (Å²) in [5.41, 5.74) is 0. The summed E-state index contributed by atoms with van der Waals surface area (Å²) in [5.74, 6) is -0.0949. The fourth-order valence-electron chi connectivity index (χ4n) is 0.851. The number of nitrogens with one attached hydrogen (secondary N) is 2. The molecule has 0 aromatic carbocycles. The number of rotatable bonds is 7. The molecule has 0 aliphatic rings. The Morgan fingerprint density at radius 3 is 2.00 bits per heavy atom. The summed E-state index contributed by atoms with van der Waals surface area (Å²) >= 11 is 0. The van der Waals surface area contributed by atoms with Crippen molar-refractivity contribution in [3.05, 3.63) is 0 Å². The number of hydrogen-bond donors (Lipinski definition) is 2. The van der Waals surface area contributed by atoms with Gasteiger partial charge in [-0.25, -0.2) is 0 Å². The molecule has 0 spiro atoms. The number of methoxy groups -OCH3 is 1. The largest absolute Gasteiger partial charge is 0.375 e. The summed E-state index contributed by atoms with van der Waals surface area (Å²) in [5, 5.41) is 5.38. The first kappa shape index (κ1) is 17.3. The lowest BCUT2D eigenvalue weighted by Crippen LogP contribution is -2.31. The monoisotopic (exact) mass is 232 g/mol. The molecule has 0 aromatic rings. The number of carbonyl (C=O) groups is 2. The first-order valence-corrected chi connectivity index (χ1v) is 5.73. The minimum atomic E-state index is -0.130. The topological polar surface area (TPSA) is 67.4 Å². The Hall–Kier alpha value is -1.10. The van der Waals surface area contributed by atoms with Crippen LogP contribution in [0, 0.1) is 0 Å². The van der Waals surface area contributed by atoms with Crippen LogP contribution in [-0.4, -0.2) is 38.6 Å². The van der Waals surface area contributed by atoms with E-state index in [0.717, 1.165) is 6.42 Å². The molecule has 2 N–H and O–H groups in total. The van der Waals surface area contributed by atoms with Crippen LogP contribution < -0.4 is 10.6 Å². The second kappa shape index (κ2) is 13.9. The van der Waals surface area contributed by atoms with Gasteiger partial charge in [0, 0.05) is 26.6 Å². The molecule has 0 fully saturated rings. The number of amides is 2. The lowest BCUT2D eigenvalue weighted by molar-refractivity contribution is -0.124. The van der Waals surface area contributed by atoms with E-state index in [9.17, 15) is 9.59 Å². The molecule has 5 heteroatoms. The summed E-state index contributed by atoms with van der Waals surface area (Å²) in [6, 6.07) is 0. The Kier molecular flexibility index (Phi) is 15.0. The lowest BCUT2D eigenvalue weighted by atomic mass is 10.4. The first-order chi connectivity index (χ1) is 7.70. The van der Waals surface area contributed by atoms with E-state index in [2.05, 4.69) is 15.4 Å². The number of carbonyl (C=O) groups excluding carboxylic acids is 2. The van der Waals surface area contributed by atoms with Crippen LogP contribution >= 0.6 is 0 Å². The normalized spacial score (nSPS) is 8.75. The van der Waals surface area contributed by atoms with Gasteiger partial charge < -0.3 is 15.4 Å². The predicted octanol–water partition coefficient (Wildman–Crippen LogP) is 0.692. The Morgan fingerprint density at radius 2 is 1.56 bits per heavy atom. The van der Waals surface area contributed by atoms with Gasteiger partial charge >= 0.3 is 0 Å². The zero-order valence-corrected chi connectivity index (χ0v) is 10.8. The first-order valence-electron chi connectivity index (χ1n) is 5.73. The van der Waals surface area contributed by atoms with Crippen LogP contribution in [0.3, 0.4) is 0 Å². The molecule has 96 valence electrons. The average molecular weight is 232 g/mol. The van der Waals surface area contributed by atoms with Gasteiger partial charge in [-0.1, -0.05) is 20.8 Å². The quantitative estimate of drug-likeness (QED) is 0.635. The molecule has 0 heterocycles. The zero-order chi connectivity index (χ0) is 12.8. The van der Waals surface area contributed by atoms with E-state index in [0.29, 0.717) is 19.5 Å². The standard InChI is InChI=1S/C9H18N2O3.C2H6/c1-3-8(12)10-5-4-6-11-9(13)7-14-2;1-2/h3-7H2,1-2H3,(H,10,12)(H,11,13);1-2H3. The average Bonchev–Trinajstić information content (AvgIpc) is 2.31. The predicted molar refractivity (Wildman–Crippen MR) is 64.2 cm³/mol. The zero-order valence-electron chi connectivity index (χ0n) is 10.8. The van der Waals surface area contributed by atoms with E-state index >= 15 is 0 Å². The Labute approximate surface area is 97.9 Å². The molecule has 0 aliphatic carbocycles. The van der Waals surface area contributed by atoms with Crippen LogP contribution in [0.2, 0.25) is 0 Å². The van der Waals surface area contributed by atoms with E-state index in [-0.39, 0.29) is 18.4 Å². The van der Waals surface area contributed by atoms with Gasteiger partial charge in [0.25, 0.3) is 0 Å². The second-order valence-corrected chi connectivity index (χ2v) is 2.84. The smallest absolute Gasteiger partial charge is 0.245 e. The molecule has 0 saturated heterocycles. The van der Waals surface area contributed by atoms with Crippen LogP contribution in [0.4, 0.5) is 0 Å². The van der Waals surface area contributed by atoms with E-state index < -0.39 is 0 Å². The van der Waals surface area contributed by atoms with Crippen molar-refractivity contribution in [3.63, 3.8) is 0 Å². The van der Waals surface area contributed by atoms with Gasteiger partial charge in [0.2, 0.25) is 11.8 Å². The molecule has 0 saturated carbocycles. The fraction of sp³-hybridized carbons (Fsp3) is 0.818. The van der Waals surface area contributed by atoms with Crippen molar-refractivity contribution in [2.75, 3.05) is 26.8 Å². The molecule has 2 amide bonds. The van der Waals surface area contributed by atoms with Gasteiger partial charge in [-0.05, 0) is 6.42 Å². The van der Waals surface area contributed by atoms with Crippen LogP contribution in [0.1, 0.15) is 33.6 Å². The van der Waals surface area contributed by atoms with Gasteiger partial charge in [0.05, 0.1) is 0 Å². The summed E-state index contributed by atoms with van der Waals surface area (Å²) < 4.78 is 4.63. The van der Waals surface area contributed by atoms with Crippen LogP contribution in [-0.2, 0) is 14.3 Å². The Balaban J connectivity index is 0. The van der Waals surface area contributed by atoms with Gasteiger partial charge in [0.1, 0.15) is 6.61 Å². The molecule has 0 aliphatic heterocycles. The minimum Gasteiger partial charge on any atom is -0.375 e. The third-order valence-electron chi connectivity index (χ3n) is 1.59. The molecule has 0 unspecified atom stereocenters. The maximum Gasteiger partial charge on any atom is 0.245 e. The van der Waals surface area contributed by atoms with Crippen molar-refractivity contribution in [1.82, 2.24) is 10.6 Å². The molecular weight excluding hydrogens is 208 g/mol. The van der Waals surface area contributed by atoms with Crippen molar-refractivity contribution in [2.45, 2.75) is 33.6 Å². The molecule has 0 atom stereocenters. The van der Waals surface area contributed by atoms with Gasteiger partial charge in [-0.15, -0.1) is 0 Å². The maximum absolute atomic E-state index is 10.9. The van der Waals surface area contributed by atoms with Crippen LogP contribution in [0.5, 0.6) is 0 Å². The highest BCUT2D eigenvalue weighted by atomic mass is 16.5. The number of ether oxygens (including phenoxy) is 1. The highest BCUT2D eigenvalue weighted by Gasteiger charge is 1.98.